The molecule has 0 spiro atoms. The van der Waals surface area contributed by atoms with E-state index in [0.29, 0.717) is 0 Å². The molecule has 2 aromatic carbocycles. The number of hydrogen-bond donors (Lipinski definition) is 0. The molecule has 0 saturated carbocycles. The third-order valence-corrected chi connectivity index (χ3v) is 3.46. The monoisotopic (exact) mass is 277 g/mol. The summed E-state index contributed by atoms with van der Waals surface area (Å²) in [5.74, 6) is 0.863. The first-order valence-electron chi connectivity index (χ1n) is 7.38. The highest BCUT2D eigenvalue weighted by atomic mass is 16.3. The van der Waals surface area contributed by atoms with E-state index < -0.39 is 0 Å². The Kier molecular flexibility index (Phi) is 3.87. The molecule has 0 fully saturated rings. The van der Waals surface area contributed by atoms with Crippen LogP contribution in [0.2, 0.25) is 0 Å². The van der Waals surface area contributed by atoms with E-state index in [1.807, 2.05) is 30.3 Å². The molecule has 0 saturated heterocycles. The lowest BCUT2D eigenvalue weighted by Crippen LogP contribution is -2.05. The Hall–Kier alpha value is -2.35. The Labute approximate surface area is 124 Å². The summed E-state index contributed by atoms with van der Waals surface area (Å²) in [6.45, 7) is 5.07. The lowest BCUT2D eigenvalue weighted by Gasteiger charge is -2.05. The Morgan fingerprint density at radius 3 is 2.57 bits per heavy atom. The second-order valence-corrected chi connectivity index (χ2v) is 5.24. The molecule has 3 aromatic rings. The van der Waals surface area contributed by atoms with Gasteiger partial charge in [-0.15, -0.1) is 0 Å². The first-order chi connectivity index (χ1) is 10.3. The van der Waals surface area contributed by atoms with Crippen molar-refractivity contribution < 1.29 is 4.42 Å². The lowest BCUT2D eigenvalue weighted by molar-refractivity contribution is 0.618. The van der Waals surface area contributed by atoms with E-state index in [4.69, 9.17) is 9.41 Å². The van der Waals surface area contributed by atoms with Crippen molar-refractivity contribution >= 4 is 11.0 Å². The molecule has 0 amide bonds. The Bertz CT molecular complexity index is 816. The van der Waals surface area contributed by atoms with Gasteiger partial charge >= 0.3 is 0 Å². The summed E-state index contributed by atoms with van der Waals surface area (Å²) in [5.41, 5.74) is 3.18. The van der Waals surface area contributed by atoms with Crippen molar-refractivity contribution in [3.8, 4) is 11.3 Å². The van der Waals surface area contributed by atoms with Gasteiger partial charge in [0.15, 0.2) is 0 Å². The Morgan fingerprint density at radius 2 is 1.81 bits per heavy atom. The fourth-order valence-electron chi connectivity index (χ4n) is 2.39. The number of hydrogen-bond acceptors (Lipinski definition) is 2. The van der Waals surface area contributed by atoms with Gasteiger partial charge in [-0.25, -0.2) is 0 Å². The molecule has 1 heterocycles. The quantitative estimate of drug-likeness (QED) is 0.680. The van der Waals surface area contributed by atoms with Crippen molar-refractivity contribution in [2.24, 2.45) is 4.99 Å². The van der Waals surface area contributed by atoms with E-state index in [1.54, 1.807) is 0 Å². The highest BCUT2D eigenvalue weighted by molar-refractivity contribution is 5.79. The van der Waals surface area contributed by atoms with Gasteiger partial charge in [-0.3, -0.25) is 4.99 Å². The van der Waals surface area contributed by atoms with Crippen LogP contribution in [-0.2, 0) is 0 Å². The van der Waals surface area contributed by atoms with Crippen LogP contribution in [0.15, 0.2) is 64.0 Å². The molecule has 0 aliphatic carbocycles. The highest BCUT2D eigenvalue weighted by Gasteiger charge is 2.05. The molecule has 106 valence electrons. The number of aryl methyl sites for hydroxylation is 1. The first-order valence-corrected chi connectivity index (χ1v) is 7.38. The molecule has 21 heavy (non-hydrogen) atoms. The van der Waals surface area contributed by atoms with Crippen molar-refractivity contribution in [3.05, 3.63) is 65.5 Å². The Morgan fingerprint density at radius 1 is 1.00 bits per heavy atom. The van der Waals surface area contributed by atoms with Gasteiger partial charge in [0.05, 0.1) is 5.36 Å². The van der Waals surface area contributed by atoms with E-state index in [0.717, 1.165) is 40.6 Å². The minimum absolute atomic E-state index is 0.835. The van der Waals surface area contributed by atoms with Crippen LogP contribution in [0.1, 0.15) is 18.9 Å². The summed E-state index contributed by atoms with van der Waals surface area (Å²) < 4.78 is 6.06. The van der Waals surface area contributed by atoms with Gasteiger partial charge in [-0.05, 0) is 25.5 Å². The number of rotatable bonds is 3. The third-order valence-electron chi connectivity index (χ3n) is 3.46. The van der Waals surface area contributed by atoms with Gasteiger partial charge in [0.1, 0.15) is 11.3 Å². The molecule has 0 atom stereocenters. The van der Waals surface area contributed by atoms with Crippen molar-refractivity contribution in [3.63, 3.8) is 0 Å². The molecule has 0 radical (unpaired) electrons. The maximum atomic E-state index is 6.06. The molecule has 0 N–H and O–H groups in total. The van der Waals surface area contributed by atoms with Gasteiger partial charge < -0.3 is 4.42 Å². The molecule has 0 unspecified atom stereocenters. The molecule has 1 aromatic heterocycles. The van der Waals surface area contributed by atoms with E-state index in [1.165, 1.54) is 5.56 Å². The van der Waals surface area contributed by atoms with Crippen molar-refractivity contribution in [2.75, 3.05) is 6.54 Å². The number of nitrogens with zero attached hydrogens (tertiary/aromatic N) is 1. The average Bonchev–Trinajstić information content (AvgIpc) is 2.53. The minimum atomic E-state index is 0.835. The summed E-state index contributed by atoms with van der Waals surface area (Å²) in [6.07, 6.45) is 1.04. The topological polar surface area (TPSA) is 25.5 Å². The zero-order chi connectivity index (χ0) is 14.7. The predicted octanol–water partition coefficient (Wildman–Crippen LogP) is 4.72. The molecular weight excluding hydrogens is 258 g/mol. The van der Waals surface area contributed by atoms with Gasteiger partial charge in [-0.2, -0.15) is 0 Å². The maximum absolute atomic E-state index is 6.06. The normalized spacial score (nSPS) is 12.0. The average molecular weight is 277 g/mol. The largest absolute Gasteiger partial charge is 0.456 e. The third kappa shape index (κ3) is 2.89. The summed E-state index contributed by atoms with van der Waals surface area (Å²) in [7, 11) is 0. The van der Waals surface area contributed by atoms with Gasteiger partial charge in [0.25, 0.3) is 0 Å². The molecule has 0 bridgehead atoms. The van der Waals surface area contributed by atoms with Crippen LogP contribution in [0.25, 0.3) is 22.3 Å². The minimum Gasteiger partial charge on any atom is -0.456 e. The molecule has 2 nitrogen and oxygen atoms in total. The molecular formula is C19H19NO. The summed E-state index contributed by atoms with van der Waals surface area (Å²) in [4.78, 5) is 4.72. The van der Waals surface area contributed by atoms with E-state index in [9.17, 15) is 0 Å². The van der Waals surface area contributed by atoms with Crippen LogP contribution in [-0.4, -0.2) is 6.54 Å². The van der Waals surface area contributed by atoms with Crippen LogP contribution in [0.5, 0.6) is 0 Å². The second kappa shape index (κ2) is 5.96. The SMILES string of the molecule is CCC/N=c1\cc(-c2ccccc2)oc2ccc(C)cc12. The summed E-state index contributed by atoms with van der Waals surface area (Å²) >= 11 is 0. The smallest absolute Gasteiger partial charge is 0.136 e. The number of fused-ring (bicyclic) bond motifs is 1. The summed E-state index contributed by atoms with van der Waals surface area (Å²) in [5, 5.41) is 2.10. The van der Waals surface area contributed by atoms with E-state index >= 15 is 0 Å². The highest BCUT2D eigenvalue weighted by Crippen LogP contribution is 2.22. The first kappa shape index (κ1) is 13.6. The Balaban J connectivity index is 2.27. The zero-order valence-electron chi connectivity index (χ0n) is 12.5. The maximum Gasteiger partial charge on any atom is 0.136 e. The van der Waals surface area contributed by atoms with E-state index in [-0.39, 0.29) is 0 Å². The van der Waals surface area contributed by atoms with E-state index in [2.05, 4.69) is 38.1 Å². The second-order valence-electron chi connectivity index (χ2n) is 5.24. The van der Waals surface area contributed by atoms with Gasteiger partial charge in [0, 0.05) is 23.6 Å². The van der Waals surface area contributed by atoms with Crippen LogP contribution in [0, 0.1) is 6.92 Å². The zero-order valence-corrected chi connectivity index (χ0v) is 12.5. The summed E-state index contributed by atoms with van der Waals surface area (Å²) in [6, 6.07) is 18.5. The molecule has 3 rings (SSSR count). The van der Waals surface area contributed by atoms with Crippen molar-refractivity contribution in [1.29, 1.82) is 0 Å². The van der Waals surface area contributed by atoms with Gasteiger partial charge in [-0.1, -0.05) is 48.9 Å². The van der Waals surface area contributed by atoms with Gasteiger partial charge in [0.2, 0.25) is 0 Å². The lowest BCUT2D eigenvalue weighted by atomic mass is 10.1. The van der Waals surface area contributed by atoms with Crippen LogP contribution < -0.4 is 5.36 Å². The fraction of sp³-hybridized carbons (Fsp3) is 0.211. The predicted molar refractivity (Wildman–Crippen MR) is 87.1 cm³/mol. The van der Waals surface area contributed by atoms with Crippen LogP contribution in [0.3, 0.4) is 0 Å². The molecule has 0 aliphatic rings. The van der Waals surface area contributed by atoms with Crippen LogP contribution in [0.4, 0.5) is 0 Å². The van der Waals surface area contributed by atoms with Crippen molar-refractivity contribution in [1.82, 2.24) is 0 Å². The molecule has 2 heteroatoms. The number of benzene rings is 2. The van der Waals surface area contributed by atoms with Crippen molar-refractivity contribution in [2.45, 2.75) is 20.3 Å². The molecule has 0 aliphatic heterocycles. The van der Waals surface area contributed by atoms with Crippen LogP contribution >= 0.6 is 0 Å². The standard InChI is InChI=1S/C19H19NO/c1-3-11-20-17-13-19(15-7-5-4-6-8-15)21-18-10-9-14(2)12-16(17)18/h4-10,12-13H,3,11H2,1-2H3/b20-17+. The fourth-order valence-corrected chi connectivity index (χ4v) is 2.39.